The lowest BCUT2D eigenvalue weighted by molar-refractivity contribution is -0.129. The number of hydrogen-bond acceptors (Lipinski definition) is 4. The number of pyridine rings is 1. The van der Waals surface area contributed by atoms with E-state index in [9.17, 15) is 4.79 Å². The van der Waals surface area contributed by atoms with Crippen molar-refractivity contribution >= 4 is 11.6 Å². The largest absolute Gasteiger partial charge is 0.385 e. The van der Waals surface area contributed by atoms with E-state index in [1.54, 1.807) is 11.7 Å². The smallest absolute Gasteiger partial charge is 0.255 e. The first kappa shape index (κ1) is 17.6. The molecule has 26 heavy (non-hydrogen) atoms. The summed E-state index contributed by atoms with van der Waals surface area (Å²) in [5, 5.41) is 12.4. The molecule has 1 heterocycles. The van der Waals surface area contributed by atoms with Gasteiger partial charge in [-0.05, 0) is 35.4 Å². The van der Waals surface area contributed by atoms with E-state index >= 15 is 0 Å². The minimum atomic E-state index is -0.552. The van der Waals surface area contributed by atoms with Gasteiger partial charge in [-0.2, -0.15) is 0 Å². The van der Waals surface area contributed by atoms with E-state index in [0.717, 1.165) is 35.5 Å². The van der Waals surface area contributed by atoms with Crippen LogP contribution in [0.1, 0.15) is 22.7 Å². The van der Waals surface area contributed by atoms with Crippen LogP contribution in [0.4, 0.5) is 5.69 Å². The number of amides is 1. The van der Waals surface area contributed by atoms with Crippen molar-refractivity contribution in [2.75, 3.05) is 11.9 Å². The van der Waals surface area contributed by atoms with Crippen LogP contribution in [-0.4, -0.2) is 22.6 Å². The van der Waals surface area contributed by atoms with Gasteiger partial charge in [0.2, 0.25) is 0 Å². The minimum Gasteiger partial charge on any atom is -0.385 e. The van der Waals surface area contributed by atoms with Crippen LogP contribution in [0.2, 0.25) is 0 Å². The number of nitrogens with zero attached hydrogens (tertiary/aromatic N) is 1. The first-order valence-electron chi connectivity index (χ1n) is 8.50. The molecule has 1 amide bonds. The van der Waals surface area contributed by atoms with Crippen molar-refractivity contribution in [2.45, 2.75) is 12.3 Å². The molecule has 0 saturated carbocycles. The standard InChI is InChI=1S/C21H21N3O2/c25-21(24-26)20(16-6-2-1-3-7-16)17-9-11-19(12-10-17)23-15-13-18-8-4-5-14-22-18/h1-12,14,20,23,26H,13,15H2,(H,24,25). The minimum absolute atomic E-state index is 0.452. The maximum atomic E-state index is 12.1. The topological polar surface area (TPSA) is 74.2 Å². The molecule has 0 aliphatic heterocycles. The van der Waals surface area contributed by atoms with Gasteiger partial charge in [0.25, 0.3) is 5.91 Å². The molecule has 0 fully saturated rings. The average Bonchev–Trinajstić information content (AvgIpc) is 2.71. The molecule has 0 aliphatic rings. The summed E-state index contributed by atoms with van der Waals surface area (Å²) in [6.07, 6.45) is 2.63. The van der Waals surface area contributed by atoms with Crippen molar-refractivity contribution in [3.05, 3.63) is 95.8 Å². The second-order valence-corrected chi connectivity index (χ2v) is 5.94. The van der Waals surface area contributed by atoms with Gasteiger partial charge in [-0.1, -0.05) is 48.5 Å². The van der Waals surface area contributed by atoms with Gasteiger partial charge in [-0.3, -0.25) is 15.0 Å². The van der Waals surface area contributed by atoms with Gasteiger partial charge in [0.15, 0.2) is 0 Å². The molecule has 0 aliphatic carbocycles. The summed E-state index contributed by atoms with van der Waals surface area (Å²) < 4.78 is 0. The Labute approximate surface area is 152 Å². The van der Waals surface area contributed by atoms with E-state index in [2.05, 4.69) is 10.3 Å². The predicted octanol–water partition coefficient (Wildman–Crippen LogP) is 3.37. The first-order chi connectivity index (χ1) is 12.8. The molecule has 3 rings (SSSR count). The Balaban J connectivity index is 1.68. The van der Waals surface area contributed by atoms with Crippen molar-refractivity contribution in [1.82, 2.24) is 10.5 Å². The third-order valence-electron chi connectivity index (χ3n) is 4.19. The van der Waals surface area contributed by atoms with Crippen molar-refractivity contribution < 1.29 is 10.0 Å². The van der Waals surface area contributed by atoms with Gasteiger partial charge in [-0.25, -0.2) is 5.48 Å². The Bertz CT molecular complexity index is 821. The van der Waals surface area contributed by atoms with Gasteiger partial charge in [0.1, 0.15) is 0 Å². The molecular formula is C21H21N3O2. The summed E-state index contributed by atoms with van der Waals surface area (Å²) in [6.45, 7) is 0.773. The zero-order valence-corrected chi connectivity index (χ0v) is 14.3. The molecule has 0 bridgehead atoms. The number of aromatic nitrogens is 1. The molecule has 132 valence electrons. The monoisotopic (exact) mass is 347 g/mol. The van der Waals surface area contributed by atoms with Crippen molar-refractivity contribution in [3.8, 4) is 0 Å². The molecule has 0 radical (unpaired) electrons. The quantitative estimate of drug-likeness (QED) is 0.452. The highest BCUT2D eigenvalue weighted by atomic mass is 16.5. The average molecular weight is 347 g/mol. The van der Waals surface area contributed by atoms with E-state index < -0.39 is 11.8 Å². The van der Waals surface area contributed by atoms with E-state index in [1.165, 1.54) is 0 Å². The molecule has 5 nitrogen and oxygen atoms in total. The number of benzene rings is 2. The number of nitrogens with one attached hydrogen (secondary N) is 2. The van der Waals surface area contributed by atoms with E-state index in [-0.39, 0.29) is 0 Å². The second kappa shape index (κ2) is 8.78. The maximum Gasteiger partial charge on any atom is 0.255 e. The molecule has 0 spiro atoms. The molecule has 1 unspecified atom stereocenters. The van der Waals surface area contributed by atoms with E-state index in [1.807, 2.05) is 72.8 Å². The van der Waals surface area contributed by atoms with Crippen LogP contribution in [0, 0.1) is 0 Å². The molecule has 0 saturated heterocycles. The zero-order valence-electron chi connectivity index (χ0n) is 14.3. The number of carbonyl (C=O) groups is 1. The Morgan fingerprint density at radius 2 is 1.62 bits per heavy atom. The highest BCUT2D eigenvalue weighted by molar-refractivity contribution is 5.86. The predicted molar refractivity (Wildman–Crippen MR) is 101 cm³/mol. The van der Waals surface area contributed by atoms with Crippen LogP contribution in [0.15, 0.2) is 79.0 Å². The van der Waals surface area contributed by atoms with Crippen LogP contribution in [0.3, 0.4) is 0 Å². The van der Waals surface area contributed by atoms with Crippen LogP contribution in [-0.2, 0) is 11.2 Å². The number of hydroxylamine groups is 1. The highest BCUT2D eigenvalue weighted by Crippen LogP contribution is 2.26. The van der Waals surface area contributed by atoms with Crippen molar-refractivity contribution in [1.29, 1.82) is 0 Å². The third-order valence-corrected chi connectivity index (χ3v) is 4.19. The van der Waals surface area contributed by atoms with Crippen LogP contribution in [0.5, 0.6) is 0 Å². The Kier molecular flexibility index (Phi) is 5.96. The Hall–Kier alpha value is -3.18. The number of hydrogen-bond donors (Lipinski definition) is 3. The Morgan fingerprint density at radius 3 is 2.27 bits per heavy atom. The lowest BCUT2D eigenvalue weighted by Gasteiger charge is -2.16. The summed E-state index contributed by atoms with van der Waals surface area (Å²) in [6, 6.07) is 23.0. The summed E-state index contributed by atoms with van der Waals surface area (Å²) in [7, 11) is 0. The highest BCUT2D eigenvalue weighted by Gasteiger charge is 2.22. The number of rotatable bonds is 7. The molecule has 3 aromatic rings. The summed E-state index contributed by atoms with van der Waals surface area (Å²) >= 11 is 0. The van der Waals surface area contributed by atoms with Gasteiger partial charge in [0, 0.05) is 30.5 Å². The SMILES string of the molecule is O=C(NO)C(c1ccccc1)c1ccc(NCCc2ccccn2)cc1. The maximum absolute atomic E-state index is 12.1. The third kappa shape index (κ3) is 4.46. The van der Waals surface area contributed by atoms with Gasteiger partial charge >= 0.3 is 0 Å². The van der Waals surface area contributed by atoms with E-state index in [0.29, 0.717) is 0 Å². The number of carbonyl (C=O) groups excluding carboxylic acids is 1. The van der Waals surface area contributed by atoms with Crippen molar-refractivity contribution in [3.63, 3.8) is 0 Å². The lowest BCUT2D eigenvalue weighted by Crippen LogP contribution is -2.27. The summed E-state index contributed by atoms with van der Waals surface area (Å²) in [5.74, 6) is -1.00. The zero-order chi connectivity index (χ0) is 18.2. The van der Waals surface area contributed by atoms with Crippen molar-refractivity contribution in [2.24, 2.45) is 0 Å². The van der Waals surface area contributed by atoms with Gasteiger partial charge < -0.3 is 5.32 Å². The fourth-order valence-corrected chi connectivity index (χ4v) is 2.88. The van der Waals surface area contributed by atoms with Crippen LogP contribution in [0.25, 0.3) is 0 Å². The molecule has 5 heteroatoms. The fraction of sp³-hybridized carbons (Fsp3) is 0.143. The number of anilines is 1. The van der Waals surface area contributed by atoms with Crippen LogP contribution >= 0.6 is 0 Å². The van der Waals surface area contributed by atoms with E-state index in [4.69, 9.17) is 5.21 Å². The van der Waals surface area contributed by atoms with Gasteiger partial charge in [0.05, 0.1) is 5.92 Å². The molecule has 2 aromatic carbocycles. The lowest BCUT2D eigenvalue weighted by atomic mass is 9.90. The fourth-order valence-electron chi connectivity index (χ4n) is 2.88. The molecule has 1 aromatic heterocycles. The molecule has 1 atom stereocenters. The molecular weight excluding hydrogens is 326 g/mol. The first-order valence-corrected chi connectivity index (χ1v) is 8.50. The molecule has 3 N–H and O–H groups in total. The summed E-state index contributed by atoms with van der Waals surface area (Å²) in [5.41, 5.74) is 5.43. The Morgan fingerprint density at radius 1 is 0.923 bits per heavy atom. The second-order valence-electron chi connectivity index (χ2n) is 5.94. The van der Waals surface area contributed by atoms with Gasteiger partial charge in [-0.15, -0.1) is 0 Å². The summed E-state index contributed by atoms with van der Waals surface area (Å²) in [4.78, 5) is 16.4. The normalized spacial score (nSPS) is 11.6. The van der Waals surface area contributed by atoms with Crippen LogP contribution < -0.4 is 10.8 Å².